The lowest BCUT2D eigenvalue weighted by Gasteiger charge is -2.33. The van der Waals surface area contributed by atoms with Crippen molar-refractivity contribution in [3.63, 3.8) is 0 Å². The van der Waals surface area contributed by atoms with Gasteiger partial charge in [0, 0.05) is 30.8 Å². The number of nitrogens with zero attached hydrogens (tertiary/aromatic N) is 1. The first-order valence-electron chi connectivity index (χ1n) is 10.1. The number of hydrogen-bond donors (Lipinski definition) is 1. The zero-order valence-electron chi connectivity index (χ0n) is 17.2. The van der Waals surface area contributed by atoms with Crippen LogP contribution in [0.15, 0.2) is 71.7 Å². The van der Waals surface area contributed by atoms with Crippen LogP contribution in [0, 0.1) is 0 Å². The Morgan fingerprint density at radius 3 is 2.50 bits per heavy atom. The maximum absolute atomic E-state index is 13.0. The SMILES string of the molecule is Cn1ccc2c(c1=O)C(Cc1cccc(-c3ccccc3)c1)C(NS(C)(=O)=O)CC2. The zero-order chi connectivity index (χ0) is 21.3. The molecular formula is C24H26N2O3S. The number of aromatic nitrogens is 1. The molecule has 0 radical (unpaired) electrons. The second kappa shape index (κ2) is 8.20. The first kappa shape index (κ1) is 20.6. The molecule has 30 heavy (non-hydrogen) atoms. The quantitative estimate of drug-likeness (QED) is 0.686. The third-order valence-corrected chi connectivity index (χ3v) is 6.56. The fourth-order valence-corrected chi connectivity index (χ4v) is 5.27. The smallest absolute Gasteiger partial charge is 0.254 e. The van der Waals surface area contributed by atoms with Crippen LogP contribution in [0.1, 0.15) is 29.0 Å². The van der Waals surface area contributed by atoms with Crippen LogP contribution in [0.25, 0.3) is 11.1 Å². The topological polar surface area (TPSA) is 68.2 Å². The Labute approximate surface area is 177 Å². The average molecular weight is 423 g/mol. The molecule has 4 rings (SSSR count). The number of nitrogens with one attached hydrogen (secondary N) is 1. The second-order valence-electron chi connectivity index (χ2n) is 8.08. The maximum Gasteiger partial charge on any atom is 0.254 e. The Hall–Kier alpha value is -2.70. The van der Waals surface area contributed by atoms with Crippen LogP contribution in [0.3, 0.4) is 0 Å². The summed E-state index contributed by atoms with van der Waals surface area (Å²) in [5.41, 5.74) is 5.03. The second-order valence-corrected chi connectivity index (χ2v) is 9.86. The summed E-state index contributed by atoms with van der Waals surface area (Å²) in [5, 5.41) is 0. The predicted octanol–water partition coefficient (Wildman–Crippen LogP) is 3.24. The lowest BCUT2D eigenvalue weighted by atomic mass is 9.77. The molecule has 1 aliphatic carbocycles. The summed E-state index contributed by atoms with van der Waals surface area (Å²) < 4.78 is 28.4. The Bertz CT molecular complexity index is 1220. The first-order valence-corrected chi connectivity index (χ1v) is 12.0. The molecule has 2 unspecified atom stereocenters. The molecule has 1 N–H and O–H groups in total. The van der Waals surface area contributed by atoms with Crippen molar-refractivity contribution in [2.45, 2.75) is 31.2 Å². The van der Waals surface area contributed by atoms with Gasteiger partial charge in [0.05, 0.1) is 6.26 Å². The van der Waals surface area contributed by atoms with Crippen LogP contribution in [-0.4, -0.2) is 25.3 Å². The van der Waals surface area contributed by atoms with Crippen LogP contribution >= 0.6 is 0 Å². The van der Waals surface area contributed by atoms with Crippen LogP contribution in [0.4, 0.5) is 0 Å². The summed E-state index contributed by atoms with van der Waals surface area (Å²) in [6, 6.07) is 20.1. The van der Waals surface area contributed by atoms with Gasteiger partial charge in [0.15, 0.2) is 0 Å². The van der Waals surface area contributed by atoms with E-state index in [4.69, 9.17) is 0 Å². The van der Waals surface area contributed by atoms with Gasteiger partial charge in [-0.25, -0.2) is 13.1 Å². The first-order chi connectivity index (χ1) is 14.3. The Kier molecular flexibility index (Phi) is 5.62. The van der Waals surface area contributed by atoms with Crippen LogP contribution in [0.5, 0.6) is 0 Å². The van der Waals surface area contributed by atoms with Gasteiger partial charge in [-0.15, -0.1) is 0 Å². The summed E-state index contributed by atoms with van der Waals surface area (Å²) in [5.74, 6) is -0.214. The molecule has 1 aliphatic rings. The van der Waals surface area contributed by atoms with Gasteiger partial charge in [-0.3, -0.25) is 4.79 Å². The summed E-state index contributed by atoms with van der Waals surface area (Å²) >= 11 is 0. The van der Waals surface area contributed by atoms with E-state index in [0.29, 0.717) is 19.3 Å². The van der Waals surface area contributed by atoms with Crippen LogP contribution in [-0.2, 0) is 29.9 Å². The fraction of sp³-hybridized carbons (Fsp3) is 0.292. The van der Waals surface area contributed by atoms with Crippen molar-refractivity contribution in [1.29, 1.82) is 0 Å². The van der Waals surface area contributed by atoms with E-state index in [1.807, 2.05) is 36.4 Å². The molecule has 0 bridgehead atoms. The van der Waals surface area contributed by atoms with Gasteiger partial charge in [0.25, 0.3) is 5.56 Å². The number of aryl methyl sites for hydroxylation is 2. The highest BCUT2D eigenvalue weighted by Crippen LogP contribution is 2.33. The highest BCUT2D eigenvalue weighted by molar-refractivity contribution is 7.88. The zero-order valence-corrected chi connectivity index (χ0v) is 18.0. The Morgan fingerprint density at radius 2 is 1.77 bits per heavy atom. The molecule has 1 aromatic heterocycles. The third kappa shape index (κ3) is 4.40. The summed E-state index contributed by atoms with van der Waals surface area (Å²) in [4.78, 5) is 13.0. The standard InChI is InChI=1S/C24H26N2O3S/c1-26-14-13-19-11-12-22(25-30(2,28)29)21(23(19)24(26)27)16-17-7-6-10-20(15-17)18-8-4-3-5-9-18/h3-10,13-15,21-22,25H,11-12,16H2,1-2H3. The molecule has 0 saturated carbocycles. The van der Waals surface area contributed by atoms with Gasteiger partial charge >= 0.3 is 0 Å². The predicted molar refractivity (Wildman–Crippen MR) is 120 cm³/mol. The summed E-state index contributed by atoms with van der Waals surface area (Å²) in [7, 11) is -1.65. The molecule has 0 saturated heterocycles. The average Bonchev–Trinajstić information content (AvgIpc) is 2.72. The highest BCUT2D eigenvalue weighted by atomic mass is 32.2. The Balaban J connectivity index is 1.75. The van der Waals surface area contributed by atoms with E-state index in [2.05, 4.69) is 29.0 Å². The Morgan fingerprint density at radius 1 is 1.03 bits per heavy atom. The number of pyridine rings is 1. The van der Waals surface area contributed by atoms with E-state index < -0.39 is 10.0 Å². The van der Waals surface area contributed by atoms with Gasteiger partial charge < -0.3 is 4.57 Å². The van der Waals surface area contributed by atoms with Crippen molar-refractivity contribution in [2.24, 2.45) is 7.05 Å². The molecule has 0 aliphatic heterocycles. The number of rotatable bonds is 5. The molecule has 2 atom stereocenters. The molecular weight excluding hydrogens is 396 g/mol. The van der Waals surface area contributed by atoms with E-state index >= 15 is 0 Å². The third-order valence-electron chi connectivity index (χ3n) is 5.83. The molecule has 2 aromatic carbocycles. The van der Waals surface area contributed by atoms with Crippen molar-refractivity contribution >= 4 is 10.0 Å². The molecule has 5 nitrogen and oxygen atoms in total. The van der Waals surface area contributed by atoms with Gasteiger partial charge in [-0.05, 0) is 47.6 Å². The molecule has 3 aromatic rings. The lowest BCUT2D eigenvalue weighted by molar-refractivity contribution is 0.425. The largest absolute Gasteiger partial charge is 0.318 e. The van der Waals surface area contributed by atoms with E-state index in [9.17, 15) is 13.2 Å². The fourth-order valence-electron chi connectivity index (χ4n) is 4.44. The molecule has 156 valence electrons. The van der Waals surface area contributed by atoms with E-state index in [1.165, 1.54) is 6.26 Å². The van der Waals surface area contributed by atoms with Crippen molar-refractivity contribution in [3.05, 3.63) is 93.9 Å². The van der Waals surface area contributed by atoms with Gasteiger partial charge in [-0.2, -0.15) is 0 Å². The van der Waals surface area contributed by atoms with Gasteiger partial charge in [0.2, 0.25) is 10.0 Å². The van der Waals surface area contributed by atoms with Crippen molar-refractivity contribution in [2.75, 3.05) is 6.26 Å². The molecule has 0 amide bonds. The number of benzene rings is 2. The lowest BCUT2D eigenvalue weighted by Crippen LogP contribution is -2.45. The highest BCUT2D eigenvalue weighted by Gasteiger charge is 2.34. The molecule has 0 fully saturated rings. The summed E-state index contributed by atoms with van der Waals surface area (Å²) in [6.07, 6.45) is 4.94. The minimum atomic E-state index is -3.38. The number of sulfonamides is 1. The van der Waals surface area contributed by atoms with Crippen molar-refractivity contribution in [3.8, 4) is 11.1 Å². The molecule has 1 heterocycles. The number of fused-ring (bicyclic) bond motifs is 1. The van der Waals surface area contributed by atoms with Crippen LogP contribution in [0.2, 0.25) is 0 Å². The van der Waals surface area contributed by atoms with Gasteiger partial charge in [-0.1, -0.05) is 54.6 Å². The molecule has 6 heteroatoms. The minimum Gasteiger partial charge on any atom is -0.318 e. The van der Waals surface area contributed by atoms with E-state index in [1.54, 1.807) is 17.8 Å². The number of hydrogen-bond acceptors (Lipinski definition) is 3. The maximum atomic E-state index is 13.0. The van der Waals surface area contributed by atoms with E-state index in [-0.39, 0.29) is 17.5 Å². The van der Waals surface area contributed by atoms with Gasteiger partial charge in [0.1, 0.15) is 0 Å². The minimum absolute atomic E-state index is 0.0447. The van der Waals surface area contributed by atoms with Crippen LogP contribution < -0.4 is 10.3 Å². The monoisotopic (exact) mass is 422 g/mol. The van der Waals surface area contributed by atoms with Crippen molar-refractivity contribution in [1.82, 2.24) is 9.29 Å². The van der Waals surface area contributed by atoms with E-state index in [0.717, 1.165) is 27.8 Å². The normalized spacial score (nSPS) is 18.7. The molecule has 0 spiro atoms. The summed E-state index contributed by atoms with van der Waals surface area (Å²) in [6.45, 7) is 0. The van der Waals surface area contributed by atoms with Crippen molar-refractivity contribution < 1.29 is 8.42 Å².